The van der Waals surface area contributed by atoms with Gasteiger partial charge in [-0.2, -0.15) is 5.26 Å². The highest BCUT2D eigenvalue weighted by molar-refractivity contribution is 6.05. The molecule has 2 aromatic heterocycles. The monoisotopic (exact) mass is 319 g/mol. The van der Waals surface area contributed by atoms with Crippen molar-refractivity contribution < 1.29 is 4.79 Å². The van der Waals surface area contributed by atoms with Crippen LogP contribution in [0, 0.1) is 32.1 Å². The predicted octanol–water partition coefficient (Wildman–Crippen LogP) is 3.25. The minimum absolute atomic E-state index is 0.243. The minimum atomic E-state index is -0.243. The Kier molecular flexibility index (Phi) is 3.92. The van der Waals surface area contributed by atoms with Crippen LogP contribution >= 0.6 is 0 Å². The predicted molar refractivity (Wildman–Crippen MR) is 91.2 cm³/mol. The SMILES string of the molecule is Cc1ncn(-c2ccc(NC(=O)c3cc(C#N)[nH]c3C)cc2)c1C. The van der Waals surface area contributed by atoms with Crippen molar-refractivity contribution in [3.63, 3.8) is 0 Å². The van der Waals surface area contributed by atoms with E-state index in [1.807, 2.05) is 48.7 Å². The van der Waals surface area contributed by atoms with Crippen molar-refractivity contribution in [1.82, 2.24) is 14.5 Å². The molecule has 0 saturated heterocycles. The van der Waals surface area contributed by atoms with Crippen LogP contribution in [0.5, 0.6) is 0 Å². The summed E-state index contributed by atoms with van der Waals surface area (Å²) in [6.07, 6.45) is 1.78. The number of carbonyl (C=O) groups excluding carboxylic acids is 1. The molecule has 0 aliphatic rings. The molecule has 0 aliphatic heterocycles. The van der Waals surface area contributed by atoms with Crippen molar-refractivity contribution in [2.45, 2.75) is 20.8 Å². The third-order valence-electron chi connectivity index (χ3n) is 4.04. The van der Waals surface area contributed by atoms with Crippen LogP contribution in [0.25, 0.3) is 5.69 Å². The van der Waals surface area contributed by atoms with Gasteiger partial charge < -0.3 is 14.9 Å². The largest absolute Gasteiger partial charge is 0.350 e. The van der Waals surface area contributed by atoms with E-state index in [1.165, 1.54) is 0 Å². The van der Waals surface area contributed by atoms with Gasteiger partial charge in [-0.05, 0) is 51.1 Å². The van der Waals surface area contributed by atoms with Gasteiger partial charge in [-0.25, -0.2) is 4.98 Å². The second kappa shape index (κ2) is 6.05. The Balaban J connectivity index is 1.79. The molecule has 3 aromatic rings. The number of imidazole rings is 1. The number of nitriles is 1. The molecule has 0 radical (unpaired) electrons. The summed E-state index contributed by atoms with van der Waals surface area (Å²) in [5.74, 6) is -0.243. The van der Waals surface area contributed by atoms with E-state index in [9.17, 15) is 4.79 Å². The molecule has 120 valence electrons. The summed E-state index contributed by atoms with van der Waals surface area (Å²) in [7, 11) is 0. The molecule has 2 N–H and O–H groups in total. The molecule has 0 aliphatic carbocycles. The number of hydrogen-bond donors (Lipinski definition) is 2. The van der Waals surface area contributed by atoms with Crippen LogP contribution < -0.4 is 5.32 Å². The van der Waals surface area contributed by atoms with Crippen molar-refractivity contribution >= 4 is 11.6 Å². The van der Waals surface area contributed by atoms with Crippen LogP contribution in [0.3, 0.4) is 0 Å². The quantitative estimate of drug-likeness (QED) is 0.777. The van der Waals surface area contributed by atoms with E-state index < -0.39 is 0 Å². The Morgan fingerprint density at radius 3 is 2.50 bits per heavy atom. The Morgan fingerprint density at radius 1 is 1.25 bits per heavy atom. The zero-order chi connectivity index (χ0) is 17.3. The van der Waals surface area contributed by atoms with Gasteiger partial charge in [-0.1, -0.05) is 0 Å². The zero-order valence-corrected chi connectivity index (χ0v) is 13.7. The number of nitrogens with zero attached hydrogens (tertiary/aromatic N) is 3. The van der Waals surface area contributed by atoms with Gasteiger partial charge >= 0.3 is 0 Å². The Labute approximate surface area is 139 Å². The van der Waals surface area contributed by atoms with E-state index in [0.29, 0.717) is 22.6 Å². The molecular weight excluding hydrogens is 302 g/mol. The van der Waals surface area contributed by atoms with Gasteiger partial charge in [-0.3, -0.25) is 4.79 Å². The molecule has 0 atom stereocenters. The van der Waals surface area contributed by atoms with Crippen molar-refractivity contribution in [2.75, 3.05) is 5.32 Å². The fourth-order valence-electron chi connectivity index (χ4n) is 2.52. The molecule has 6 nitrogen and oxygen atoms in total. The molecule has 6 heteroatoms. The second-order valence-electron chi connectivity index (χ2n) is 5.62. The van der Waals surface area contributed by atoms with Gasteiger partial charge in [-0.15, -0.1) is 0 Å². The number of aryl methyl sites for hydroxylation is 2. The number of hydrogen-bond acceptors (Lipinski definition) is 3. The molecule has 0 unspecified atom stereocenters. The summed E-state index contributed by atoms with van der Waals surface area (Å²) in [5.41, 5.74) is 5.26. The van der Waals surface area contributed by atoms with Gasteiger partial charge in [0.15, 0.2) is 0 Å². The van der Waals surface area contributed by atoms with Gasteiger partial charge in [0.1, 0.15) is 11.8 Å². The average molecular weight is 319 g/mol. The van der Waals surface area contributed by atoms with Crippen LogP contribution in [-0.4, -0.2) is 20.4 Å². The summed E-state index contributed by atoms with van der Waals surface area (Å²) >= 11 is 0. The molecule has 0 spiro atoms. The van der Waals surface area contributed by atoms with Crippen LogP contribution in [0.15, 0.2) is 36.7 Å². The van der Waals surface area contributed by atoms with Gasteiger partial charge in [0, 0.05) is 22.8 Å². The van der Waals surface area contributed by atoms with E-state index >= 15 is 0 Å². The maximum absolute atomic E-state index is 12.3. The van der Waals surface area contributed by atoms with Crippen molar-refractivity contribution in [3.05, 3.63) is 65.0 Å². The van der Waals surface area contributed by atoms with Crippen LogP contribution in [0.1, 0.15) is 33.1 Å². The lowest BCUT2D eigenvalue weighted by Crippen LogP contribution is -2.12. The van der Waals surface area contributed by atoms with E-state index in [1.54, 1.807) is 19.3 Å². The summed E-state index contributed by atoms with van der Waals surface area (Å²) in [4.78, 5) is 19.5. The normalized spacial score (nSPS) is 10.4. The Hall–Kier alpha value is -3.33. The molecule has 2 heterocycles. The zero-order valence-electron chi connectivity index (χ0n) is 13.7. The highest BCUT2D eigenvalue weighted by atomic mass is 16.1. The first kappa shape index (κ1) is 15.6. The number of H-pyrrole nitrogens is 1. The first-order valence-corrected chi connectivity index (χ1v) is 7.51. The molecule has 1 amide bonds. The summed E-state index contributed by atoms with van der Waals surface area (Å²) < 4.78 is 2.00. The molecule has 0 bridgehead atoms. The van der Waals surface area contributed by atoms with Gasteiger partial charge in [0.25, 0.3) is 5.91 Å². The van der Waals surface area contributed by atoms with Crippen LogP contribution in [-0.2, 0) is 0 Å². The lowest BCUT2D eigenvalue weighted by molar-refractivity contribution is 0.102. The standard InChI is InChI=1S/C18H17N5O/c1-11-13(3)23(10-20-11)16-6-4-14(5-7-16)22-18(24)17-8-15(9-19)21-12(17)2/h4-8,10,21H,1-3H3,(H,22,24). The Morgan fingerprint density at radius 2 is 1.96 bits per heavy atom. The average Bonchev–Trinajstić information content (AvgIpc) is 3.12. The lowest BCUT2D eigenvalue weighted by atomic mass is 10.2. The number of carbonyl (C=O) groups is 1. The van der Waals surface area contributed by atoms with Crippen molar-refractivity contribution in [2.24, 2.45) is 0 Å². The molecule has 0 saturated carbocycles. The number of anilines is 1. The highest BCUT2D eigenvalue weighted by Gasteiger charge is 2.13. The van der Waals surface area contributed by atoms with Crippen LogP contribution in [0.2, 0.25) is 0 Å². The van der Waals surface area contributed by atoms with E-state index in [0.717, 1.165) is 17.1 Å². The van der Waals surface area contributed by atoms with Gasteiger partial charge in [0.2, 0.25) is 0 Å². The number of aromatic amines is 1. The number of amides is 1. The summed E-state index contributed by atoms with van der Waals surface area (Å²) in [6, 6.07) is 11.1. The second-order valence-corrected chi connectivity index (χ2v) is 5.62. The molecular formula is C18H17N5O. The first-order valence-electron chi connectivity index (χ1n) is 7.51. The highest BCUT2D eigenvalue weighted by Crippen LogP contribution is 2.18. The van der Waals surface area contributed by atoms with E-state index in [-0.39, 0.29) is 5.91 Å². The third-order valence-corrected chi connectivity index (χ3v) is 4.04. The summed E-state index contributed by atoms with van der Waals surface area (Å²) in [6.45, 7) is 5.75. The fourth-order valence-corrected chi connectivity index (χ4v) is 2.52. The van der Waals surface area contributed by atoms with E-state index in [4.69, 9.17) is 5.26 Å². The van der Waals surface area contributed by atoms with Crippen molar-refractivity contribution in [1.29, 1.82) is 5.26 Å². The van der Waals surface area contributed by atoms with Crippen molar-refractivity contribution in [3.8, 4) is 11.8 Å². The van der Waals surface area contributed by atoms with Crippen LogP contribution in [0.4, 0.5) is 5.69 Å². The maximum Gasteiger partial charge on any atom is 0.257 e. The molecule has 1 aromatic carbocycles. The number of nitrogens with one attached hydrogen (secondary N) is 2. The first-order chi connectivity index (χ1) is 11.5. The smallest absolute Gasteiger partial charge is 0.257 e. The fraction of sp³-hybridized carbons (Fsp3) is 0.167. The minimum Gasteiger partial charge on any atom is -0.350 e. The number of aromatic nitrogens is 3. The topological polar surface area (TPSA) is 86.5 Å². The number of rotatable bonds is 3. The van der Waals surface area contributed by atoms with Gasteiger partial charge in [0.05, 0.1) is 17.6 Å². The lowest BCUT2D eigenvalue weighted by Gasteiger charge is -2.08. The third kappa shape index (κ3) is 2.79. The maximum atomic E-state index is 12.3. The Bertz CT molecular complexity index is 941. The summed E-state index contributed by atoms with van der Waals surface area (Å²) in [5, 5.41) is 11.7. The molecule has 0 fully saturated rings. The molecule has 3 rings (SSSR count). The molecule has 24 heavy (non-hydrogen) atoms. The van der Waals surface area contributed by atoms with E-state index in [2.05, 4.69) is 15.3 Å². The number of benzene rings is 1.